The Kier molecular flexibility index (Phi) is 4.08. The lowest BCUT2D eigenvalue weighted by atomic mass is 10.2. The topological polar surface area (TPSA) is 50.2 Å². The molecule has 0 fully saturated rings. The summed E-state index contributed by atoms with van der Waals surface area (Å²) in [5, 5.41) is 9.22. The van der Waals surface area contributed by atoms with Gasteiger partial charge in [0.2, 0.25) is 0 Å². The molecule has 1 aromatic heterocycles. The largest absolute Gasteiger partial charge is 0.477 e. The molecule has 0 bridgehead atoms. The zero-order chi connectivity index (χ0) is 14.9. The SMILES string of the molecule is CCCc1nc(-c2cc(F)c(F)c(F)c2)sc1C(=O)O. The molecule has 106 valence electrons. The van der Waals surface area contributed by atoms with E-state index in [0.29, 0.717) is 18.5 Å². The van der Waals surface area contributed by atoms with Crippen molar-refractivity contribution < 1.29 is 23.1 Å². The smallest absolute Gasteiger partial charge is 0.347 e. The summed E-state index contributed by atoms with van der Waals surface area (Å²) in [7, 11) is 0. The second-order valence-electron chi connectivity index (χ2n) is 4.10. The van der Waals surface area contributed by atoms with Gasteiger partial charge in [-0.25, -0.2) is 22.9 Å². The van der Waals surface area contributed by atoms with E-state index in [-0.39, 0.29) is 15.4 Å². The average Bonchev–Trinajstić information content (AvgIpc) is 2.80. The van der Waals surface area contributed by atoms with Crippen molar-refractivity contribution >= 4 is 17.3 Å². The molecule has 20 heavy (non-hydrogen) atoms. The van der Waals surface area contributed by atoms with Gasteiger partial charge in [-0.2, -0.15) is 0 Å². The molecule has 0 radical (unpaired) electrons. The van der Waals surface area contributed by atoms with Gasteiger partial charge in [-0.3, -0.25) is 0 Å². The molecular weight excluding hydrogens is 291 g/mol. The van der Waals surface area contributed by atoms with Crippen LogP contribution >= 0.6 is 11.3 Å². The van der Waals surface area contributed by atoms with E-state index in [4.69, 9.17) is 5.11 Å². The van der Waals surface area contributed by atoms with Gasteiger partial charge in [0.05, 0.1) is 5.69 Å². The average molecular weight is 301 g/mol. The standard InChI is InChI=1S/C13H10F3NO2S/c1-2-3-9-11(13(18)19)20-12(17-9)6-4-7(14)10(16)8(15)5-6/h4-5H,2-3H2,1H3,(H,18,19). The molecule has 2 aromatic rings. The normalized spacial score (nSPS) is 10.8. The summed E-state index contributed by atoms with van der Waals surface area (Å²) in [5.74, 6) is -5.36. The molecule has 3 nitrogen and oxygen atoms in total. The summed E-state index contributed by atoms with van der Waals surface area (Å²) in [5.41, 5.74) is 0.390. The lowest BCUT2D eigenvalue weighted by molar-refractivity contribution is 0.0700. The number of rotatable bonds is 4. The first-order chi connectivity index (χ1) is 9.43. The van der Waals surface area contributed by atoms with Crippen molar-refractivity contribution in [3.63, 3.8) is 0 Å². The molecule has 0 atom stereocenters. The highest BCUT2D eigenvalue weighted by atomic mass is 32.1. The summed E-state index contributed by atoms with van der Waals surface area (Å²) in [6, 6.07) is 1.61. The van der Waals surface area contributed by atoms with Gasteiger partial charge in [-0.1, -0.05) is 13.3 Å². The van der Waals surface area contributed by atoms with Gasteiger partial charge >= 0.3 is 5.97 Å². The van der Waals surface area contributed by atoms with Crippen molar-refractivity contribution in [2.24, 2.45) is 0 Å². The number of hydrogen-bond acceptors (Lipinski definition) is 3. The summed E-state index contributed by atoms with van der Waals surface area (Å²) >= 11 is 0.817. The zero-order valence-corrected chi connectivity index (χ0v) is 11.2. The molecular formula is C13H10F3NO2S. The third kappa shape index (κ3) is 2.67. The lowest BCUT2D eigenvalue weighted by Crippen LogP contribution is -1.98. The predicted octanol–water partition coefficient (Wildman–Crippen LogP) is 3.88. The maximum absolute atomic E-state index is 13.2. The molecule has 0 aliphatic carbocycles. The monoisotopic (exact) mass is 301 g/mol. The van der Waals surface area contributed by atoms with Gasteiger partial charge in [0.1, 0.15) is 9.88 Å². The third-order valence-corrected chi connectivity index (χ3v) is 3.74. The van der Waals surface area contributed by atoms with Crippen LogP contribution in [0.4, 0.5) is 13.2 Å². The number of carboxylic acids is 1. The molecule has 0 saturated carbocycles. The second-order valence-corrected chi connectivity index (χ2v) is 5.10. The Morgan fingerprint density at radius 3 is 2.40 bits per heavy atom. The fourth-order valence-electron chi connectivity index (χ4n) is 1.73. The van der Waals surface area contributed by atoms with E-state index in [1.807, 2.05) is 6.92 Å². The number of aromatic carboxylic acids is 1. The molecule has 0 unspecified atom stereocenters. The molecule has 0 aliphatic rings. The first kappa shape index (κ1) is 14.5. The molecule has 0 aliphatic heterocycles. The summed E-state index contributed by atoms with van der Waals surface area (Å²) in [6.45, 7) is 1.86. The van der Waals surface area contributed by atoms with E-state index in [2.05, 4.69) is 4.98 Å². The number of aromatic nitrogens is 1. The van der Waals surface area contributed by atoms with Crippen LogP contribution in [0.1, 0.15) is 28.7 Å². The van der Waals surface area contributed by atoms with Crippen molar-refractivity contribution in [1.82, 2.24) is 4.98 Å². The first-order valence-corrected chi connectivity index (χ1v) is 6.63. The maximum Gasteiger partial charge on any atom is 0.347 e. The predicted molar refractivity (Wildman–Crippen MR) is 68.4 cm³/mol. The Balaban J connectivity index is 2.53. The van der Waals surface area contributed by atoms with Gasteiger partial charge in [-0.05, 0) is 18.6 Å². The lowest BCUT2D eigenvalue weighted by Gasteiger charge is -1.99. The molecule has 1 aromatic carbocycles. The minimum Gasteiger partial charge on any atom is -0.477 e. The highest BCUT2D eigenvalue weighted by Crippen LogP contribution is 2.30. The fourth-order valence-corrected chi connectivity index (χ4v) is 2.67. The minimum atomic E-state index is -1.56. The quantitative estimate of drug-likeness (QED) is 0.872. The Hall–Kier alpha value is -1.89. The van der Waals surface area contributed by atoms with Crippen LogP contribution in [0.5, 0.6) is 0 Å². The van der Waals surface area contributed by atoms with E-state index in [9.17, 15) is 18.0 Å². The highest BCUT2D eigenvalue weighted by Gasteiger charge is 2.19. The molecule has 2 rings (SSSR count). The van der Waals surface area contributed by atoms with Crippen LogP contribution in [0.25, 0.3) is 10.6 Å². The number of thiazole rings is 1. The summed E-state index contributed by atoms with van der Waals surface area (Å²) in [6.07, 6.45) is 1.14. The number of aryl methyl sites for hydroxylation is 1. The Morgan fingerprint density at radius 2 is 1.90 bits per heavy atom. The van der Waals surface area contributed by atoms with E-state index in [1.54, 1.807) is 0 Å². The Bertz CT molecular complexity index is 647. The second kappa shape index (κ2) is 5.62. The zero-order valence-electron chi connectivity index (χ0n) is 10.4. The Labute approximate surface area is 116 Å². The number of carbonyl (C=O) groups is 1. The Morgan fingerprint density at radius 1 is 1.30 bits per heavy atom. The van der Waals surface area contributed by atoms with Crippen molar-refractivity contribution in [3.8, 4) is 10.6 Å². The van der Waals surface area contributed by atoms with Crippen LogP contribution in [0.15, 0.2) is 12.1 Å². The molecule has 1 heterocycles. The number of hydrogen-bond donors (Lipinski definition) is 1. The van der Waals surface area contributed by atoms with Gasteiger partial charge in [0.15, 0.2) is 17.5 Å². The number of carboxylic acid groups (broad SMARTS) is 1. The van der Waals surface area contributed by atoms with Crippen LogP contribution in [0.3, 0.4) is 0 Å². The maximum atomic E-state index is 13.2. The van der Waals surface area contributed by atoms with Gasteiger partial charge in [0.25, 0.3) is 0 Å². The van der Waals surface area contributed by atoms with Crippen molar-refractivity contribution in [2.45, 2.75) is 19.8 Å². The number of benzene rings is 1. The van der Waals surface area contributed by atoms with Crippen LogP contribution in [-0.4, -0.2) is 16.1 Å². The molecule has 0 spiro atoms. The summed E-state index contributed by atoms with van der Waals surface area (Å²) in [4.78, 5) is 15.2. The van der Waals surface area contributed by atoms with Crippen LogP contribution in [0.2, 0.25) is 0 Å². The number of nitrogens with zero attached hydrogens (tertiary/aromatic N) is 1. The fraction of sp³-hybridized carbons (Fsp3) is 0.231. The van der Waals surface area contributed by atoms with Gasteiger partial charge < -0.3 is 5.11 Å². The van der Waals surface area contributed by atoms with Crippen LogP contribution in [0, 0.1) is 17.5 Å². The van der Waals surface area contributed by atoms with E-state index < -0.39 is 23.4 Å². The number of halogens is 3. The molecule has 0 amide bonds. The molecule has 1 N–H and O–H groups in total. The van der Waals surface area contributed by atoms with Crippen molar-refractivity contribution in [2.75, 3.05) is 0 Å². The van der Waals surface area contributed by atoms with Crippen molar-refractivity contribution in [1.29, 1.82) is 0 Å². The van der Waals surface area contributed by atoms with E-state index >= 15 is 0 Å². The third-order valence-electron chi connectivity index (χ3n) is 2.61. The minimum absolute atomic E-state index is 0.0243. The summed E-state index contributed by atoms with van der Waals surface area (Å²) < 4.78 is 39.3. The van der Waals surface area contributed by atoms with Gasteiger partial charge in [-0.15, -0.1) is 11.3 Å². The van der Waals surface area contributed by atoms with Crippen LogP contribution in [-0.2, 0) is 6.42 Å². The highest BCUT2D eigenvalue weighted by molar-refractivity contribution is 7.17. The van der Waals surface area contributed by atoms with E-state index in [1.165, 1.54) is 0 Å². The van der Waals surface area contributed by atoms with E-state index in [0.717, 1.165) is 23.5 Å². The first-order valence-electron chi connectivity index (χ1n) is 5.82. The molecule has 7 heteroatoms. The van der Waals surface area contributed by atoms with Crippen molar-refractivity contribution in [3.05, 3.63) is 40.2 Å². The van der Waals surface area contributed by atoms with Gasteiger partial charge in [0, 0.05) is 5.56 Å². The molecule has 0 saturated heterocycles. The van der Waals surface area contributed by atoms with Crippen LogP contribution < -0.4 is 0 Å².